The Bertz CT molecular complexity index is 681. The molecular formula is C16H17ClF2N2O2. The summed E-state index contributed by atoms with van der Waals surface area (Å²) in [6.07, 6.45) is 0. The van der Waals surface area contributed by atoms with Crippen LogP contribution in [0.5, 0.6) is 11.5 Å². The van der Waals surface area contributed by atoms with E-state index in [1.807, 2.05) is 0 Å². The van der Waals surface area contributed by atoms with Gasteiger partial charge in [-0.05, 0) is 36.8 Å². The summed E-state index contributed by atoms with van der Waals surface area (Å²) in [5.74, 6) is -1.69. The normalized spacial score (nSPS) is 11.3. The molecule has 0 aliphatic heterocycles. The fraction of sp³-hybridized carbons (Fsp3) is 0.188. The second kappa shape index (κ2) is 8.45. The summed E-state index contributed by atoms with van der Waals surface area (Å²) in [6.45, 7) is 1.71. The first-order valence-electron chi connectivity index (χ1n) is 6.71. The number of benzene rings is 2. The number of nitrogens with two attached hydrogens (primary N) is 1. The molecular weight excluding hydrogens is 326 g/mol. The molecule has 0 heterocycles. The molecule has 1 amide bonds. The molecule has 23 heavy (non-hydrogen) atoms. The molecule has 0 aromatic heterocycles. The highest BCUT2D eigenvalue weighted by Crippen LogP contribution is 2.27. The average Bonchev–Trinajstić information content (AvgIpc) is 2.49. The number of nitrogens with one attached hydrogen (secondary N) is 1. The van der Waals surface area contributed by atoms with E-state index in [1.54, 1.807) is 19.1 Å². The maximum Gasteiger partial charge on any atom is 0.236 e. The molecule has 0 fully saturated rings. The van der Waals surface area contributed by atoms with Gasteiger partial charge in [-0.15, -0.1) is 12.4 Å². The van der Waals surface area contributed by atoms with Crippen LogP contribution in [0, 0.1) is 11.6 Å². The summed E-state index contributed by atoms with van der Waals surface area (Å²) >= 11 is 0. The van der Waals surface area contributed by atoms with E-state index in [4.69, 9.17) is 10.5 Å². The Hall–Kier alpha value is -2.18. The zero-order valence-electron chi connectivity index (χ0n) is 12.4. The van der Waals surface area contributed by atoms with E-state index in [0.717, 1.165) is 0 Å². The van der Waals surface area contributed by atoms with E-state index in [-0.39, 0.29) is 36.4 Å². The van der Waals surface area contributed by atoms with Gasteiger partial charge in [-0.25, -0.2) is 8.78 Å². The van der Waals surface area contributed by atoms with Gasteiger partial charge in [0, 0.05) is 6.54 Å². The van der Waals surface area contributed by atoms with Crippen LogP contribution < -0.4 is 15.8 Å². The molecule has 2 aromatic rings. The van der Waals surface area contributed by atoms with Crippen LogP contribution in [0.3, 0.4) is 0 Å². The van der Waals surface area contributed by atoms with Crippen molar-refractivity contribution in [3.05, 3.63) is 59.7 Å². The van der Waals surface area contributed by atoms with Crippen LogP contribution >= 0.6 is 12.4 Å². The zero-order chi connectivity index (χ0) is 16.1. The van der Waals surface area contributed by atoms with Crippen LogP contribution in [0.1, 0.15) is 12.5 Å². The Morgan fingerprint density at radius 1 is 1.17 bits per heavy atom. The Balaban J connectivity index is 0.00000264. The number of carbonyl (C=O) groups excluding carboxylic acids is 1. The van der Waals surface area contributed by atoms with Gasteiger partial charge in [-0.2, -0.15) is 0 Å². The largest absolute Gasteiger partial charge is 0.451 e. The molecule has 2 aromatic carbocycles. The van der Waals surface area contributed by atoms with E-state index >= 15 is 0 Å². The number of ether oxygens (including phenoxy) is 1. The van der Waals surface area contributed by atoms with Gasteiger partial charge in [0.1, 0.15) is 0 Å². The molecule has 3 N–H and O–H groups in total. The zero-order valence-corrected chi connectivity index (χ0v) is 13.2. The molecule has 124 valence electrons. The number of hydrogen-bond acceptors (Lipinski definition) is 3. The van der Waals surface area contributed by atoms with Gasteiger partial charge >= 0.3 is 0 Å². The van der Waals surface area contributed by atoms with Crippen LogP contribution in [0.4, 0.5) is 8.78 Å². The van der Waals surface area contributed by atoms with Crippen LogP contribution in [-0.4, -0.2) is 11.9 Å². The Kier molecular flexibility index (Phi) is 6.93. The highest BCUT2D eigenvalue weighted by molar-refractivity contribution is 5.85. The predicted octanol–water partition coefficient (Wildman–Crippen LogP) is 3.14. The topological polar surface area (TPSA) is 64.4 Å². The molecule has 0 saturated heterocycles. The summed E-state index contributed by atoms with van der Waals surface area (Å²) in [6, 6.07) is 9.30. The second-order valence-electron chi connectivity index (χ2n) is 4.80. The summed E-state index contributed by atoms with van der Waals surface area (Å²) in [4.78, 5) is 11.4. The number of hydrogen-bond donors (Lipinski definition) is 2. The van der Waals surface area contributed by atoms with E-state index in [9.17, 15) is 13.6 Å². The van der Waals surface area contributed by atoms with Crippen LogP contribution in [0.25, 0.3) is 0 Å². The van der Waals surface area contributed by atoms with Crippen molar-refractivity contribution in [1.29, 1.82) is 0 Å². The quantitative estimate of drug-likeness (QED) is 0.877. The van der Waals surface area contributed by atoms with Crippen LogP contribution in [-0.2, 0) is 11.3 Å². The maximum absolute atomic E-state index is 14.0. The van der Waals surface area contributed by atoms with Gasteiger partial charge in [0.25, 0.3) is 0 Å². The molecule has 0 aliphatic carbocycles. The van der Waals surface area contributed by atoms with Crippen molar-refractivity contribution in [2.24, 2.45) is 5.73 Å². The lowest BCUT2D eigenvalue weighted by Crippen LogP contribution is -2.37. The SMILES string of the molecule is CC(N)C(=O)NCc1ccc(Oc2ccccc2F)c(F)c1.Cl. The average molecular weight is 343 g/mol. The molecule has 1 atom stereocenters. The van der Waals surface area contributed by atoms with Gasteiger partial charge in [0.2, 0.25) is 5.91 Å². The number of amides is 1. The van der Waals surface area contributed by atoms with Gasteiger partial charge in [-0.1, -0.05) is 18.2 Å². The first-order chi connectivity index (χ1) is 10.5. The fourth-order valence-corrected chi connectivity index (χ4v) is 1.73. The summed E-state index contributed by atoms with van der Waals surface area (Å²) in [5.41, 5.74) is 5.96. The molecule has 7 heteroatoms. The lowest BCUT2D eigenvalue weighted by molar-refractivity contribution is -0.122. The Morgan fingerprint density at radius 2 is 1.83 bits per heavy atom. The predicted molar refractivity (Wildman–Crippen MR) is 85.6 cm³/mol. The molecule has 0 radical (unpaired) electrons. The lowest BCUT2D eigenvalue weighted by Gasteiger charge is -2.10. The molecule has 2 rings (SSSR count). The number of rotatable bonds is 5. The number of para-hydroxylation sites is 1. The smallest absolute Gasteiger partial charge is 0.236 e. The van der Waals surface area contributed by atoms with Crippen molar-refractivity contribution in [3.63, 3.8) is 0 Å². The highest BCUT2D eigenvalue weighted by Gasteiger charge is 2.10. The standard InChI is InChI=1S/C16H16F2N2O2.ClH/c1-10(19)16(21)20-9-11-6-7-15(13(18)8-11)22-14-5-3-2-4-12(14)17;/h2-8,10H,9,19H2,1H3,(H,20,21);1H. The molecule has 0 bridgehead atoms. The molecule has 0 saturated carbocycles. The molecule has 0 spiro atoms. The molecule has 1 unspecified atom stereocenters. The van der Waals surface area contributed by atoms with Crippen molar-refractivity contribution in [2.45, 2.75) is 19.5 Å². The van der Waals surface area contributed by atoms with E-state index < -0.39 is 17.7 Å². The van der Waals surface area contributed by atoms with E-state index in [1.165, 1.54) is 30.3 Å². The second-order valence-corrected chi connectivity index (χ2v) is 4.80. The van der Waals surface area contributed by atoms with Crippen molar-refractivity contribution in [2.75, 3.05) is 0 Å². The fourth-order valence-electron chi connectivity index (χ4n) is 1.73. The maximum atomic E-state index is 14.0. The van der Waals surface area contributed by atoms with Crippen LogP contribution in [0.2, 0.25) is 0 Å². The lowest BCUT2D eigenvalue weighted by atomic mass is 10.2. The third-order valence-corrected chi connectivity index (χ3v) is 2.93. The van der Waals surface area contributed by atoms with Crippen molar-refractivity contribution >= 4 is 18.3 Å². The van der Waals surface area contributed by atoms with E-state index in [2.05, 4.69) is 5.32 Å². The van der Waals surface area contributed by atoms with Gasteiger partial charge in [0.05, 0.1) is 6.04 Å². The number of carbonyl (C=O) groups is 1. The minimum atomic E-state index is -0.643. The summed E-state index contributed by atoms with van der Waals surface area (Å²) in [7, 11) is 0. The van der Waals surface area contributed by atoms with Crippen LogP contribution in [0.15, 0.2) is 42.5 Å². The number of halogens is 3. The highest BCUT2D eigenvalue weighted by atomic mass is 35.5. The third kappa shape index (κ3) is 5.19. The van der Waals surface area contributed by atoms with E-state index in [0.29, 0.717) is 5.56 Å². The summed E-state index contributed by atoms with van der Waals surface area (Å²) in [5, 5.41) is 2.57. The van der Waals surface area contributed by atoms with Crippen molar-refractivity contribution in [3.8, 4) is 11.5 Å². The Morgan fingerprint density at radius 3 is 2.43 bits per heavy atom. The Labute approximate surface area is 139 Å². The third-order valence-electron chi connectivity index (χ3n) is 2.93. The minimum absolute atomic E-state index is 0. The first kappa shape index (κ1) is 18.9. The van der Waals surface area contributed by atoms with Crippen molar-refractivity contribution < 1.29 is 18.3 Å². The summed E-state index contributed by atoms with van der Waals surface area (Å²) < 4.78 is 32.6. The van der Waals surface area contributed by atoms with Gasteiger partial charge in [-0.3, -0.25) is 4.79 Å². The van der Waals surface area contributed by atoms with Crippen molar-refractivity contribution in [1.82, 2.24) is 5.32 Å². The van der Waals surface area contributed by atoms with Gasteiger partial charge in [0.15, 0.2) is 23.1 Å². The first-order valence-corrected chi connectivity index (χ1v) is 6.71. The minimum Gasteiger partial charge on any atom is -0.451 e. The molecule has 0 aliphatic rings. The monoisotopic (exact) mass is 342 g/mol. The molecule has 4 nitrogen and oxygen atoms in total. The van der Waals surface area contributed by atoms with Gasteiger partial charge < -0.3 is 15.8 Å².